The van der Waals surface area contributed by atoms with E-state index in [1.165, 1.54) is 83.0 Å². The van der Waals surface area contributed by atoms with E-state index < -0.39 is 87.8 Å². The number of hydrogen-bond acceptors (Lipinski definition) is 28. The van der Waals surface area contributed by atoms with Crippen molar-refractivity contribution in [1.29, 1.82) is 0 Å². The van der Waals surface area contributed by atoms with E-state index in [-0.39, 0.29) is 94.4 Å². The van der Waals surface area contributed by atoms with Gasteiger partial charge in [-0.05, 0) is 118 Å². The van der Waals surface area contributed by atoms with Crippen LogP contribution in [0.15, 0.2) is 133 Å². The first kappa shape index (κ1) is 61.2. The molecule has 3 fully saturated rings. The fourth-order valence-corrected chi connectivity index (χ4v) is 15.9. The molecule has 0 spiro atoms. The highest BCUT2D eigenvalue weighted by Crippen LogP contribution is 2.67. The summed E-state index contributed by atoms with van der Waals surface area (Å²) in [6.07, 6.45) is -7.01. The van der Waals surface area contributed by atoms with Gasteiger partial charge in [0.05, 0.1) is 63.3 Å². The average Bonchev–Trinajstić information content (AvgIpc) is 1.81. The Balaban J connectivity index is 0.853. The number of aliphatic hydroxyl groups is 2. The summed E-state index contributed by atoms with van der Waals surface area (Å²) < 4.78 is 94.4. The number of nitrogen functional groups attached to an aromatic ring is 2. The molecule has 4 aromatic carbocycles. The highest BCUT2D eigenvalue weighted by atomic mass is 32.7. The number of aromatic nitrogens is 8. The number of nitrogens with zero attached hydrogens (tertiary/aromatic N) is 14. The Bertz CT molecular complexity index is 4020. The Hall–Kier alpha value is -8.42. The van der Waals surface area contributed by atoms with Crippen LogP contribution in [-0.2, 0) is 48.2 Å². The van der Waals surface area contributed by atoms with Gasteiger partial charge in [0.2, 0.25) is 0 Å². The first-order valence-corrected chi connectivity index (χ1v) is 32.7. The molecule has 0 aliphatic carbocycles. The summed E-state index contributed by atoms with van der Waals surface area (Å²) in [4.78, 5) is 56.9. The molecule has 10 atom stereocenters. The topological polar surface area (TPSA) is 438 Å². The molecule has 8 aromatic rings. The second-order valence-corrected chi connectivity index (χ2v) is 27.2. The summed E-state index contributed by atoms with van der Waals surface area (Å²) in [5.41, 5.74) is 31.5. The van der Waals surface area contributed by atoms with Crippen LogP contribution in [0.4, 0.5) is 11.6 Å². The summed E-state index contributed by atoms with van der Waals surface area (Å²) in [7, 11) is 0. The summed E-state index contributed by atoms with van der Waals surface area (Å²) in [5.74, 6) is -0.0954. The van der Waals surface area contributed by atoms with Crippen LogP contribution in [0.25, 0.3) is 43.2 Å². The van der Waals surface area contributed by atoms with Gasteiger partial charge in [0.25, 0.3) is 0 Å². The van der Waals surface area contributed by atoms with Crippen LogP contribution in [0.1, 0.15) is 44.3 Å². The standard InChI is InChI=1S/C52H50N16O16P2S2/c53-45-39-47(59-25-57-45)67(27-61-39)49-42(70)43-38(82-49)22-78-86(74,88-24-30-3-11-36(12-4-30)80-52(72)32-7-15-34(16-8-32)76-20-18-64-66-56)84-44-41(69)37(81-50(44)68-28-62-40-46(54)58-26-60-48(40)68)21-77-85(73,83-43)87-23-29-1-9-35(10-2-29)79-51(71)31-5-13-33(14-6-31)75-19-17-63-65-55/h1-16,25-28,37-38,41-44,49-50,69-70H,17-24H2,(H2,53,57,59)(H2,54,58,60)/t37-,38-,41-,42-,43-,44-,49-,50-,85-,86-/m1/s1. The molecule has 0 radical (unpaired) electrons. The predicted octanol–water partition coefficient (Wildman–Crippen LogP) is 8.06. The maximum atomic E-state index is 15.6. The van der Waals surface area contributed by atoms with Gasteiger partial charge in [-0.15, -0.1) is 0 Å². The molecule has 0 saturated carbocycles. The van der Waals surface area contributed by atoms with E-state index in [9.17, 15) is 19.8 Å². The van der Waals surface area contributed by atoms with E-state index in [0.29, 0.717) is 22.6 Å². The zero-order valence-electron chi connectivity index (χ0n) is 45.6. The molecule has 3 saturated heterocycles. The van der Waals surface area contributed by atoms with Crippen molar-refractivity contribution in [3.8, 4) is 23.0 Å². The monoisotopic (exact) mass is 1280 g/mol. The zero-order valence-corrected chi connectivity index (χ0v) is 49.0. The fourth-order valence-electron chi connectivity index (χ4n) is 9.16. The van der Waals surface area contributed by atoms with Crippen LogP contribution in [0.2, 0.25) is 0 Å². The minimum Gasteiger partial charge on any atom is -0.493 e. The number of carbonyl (C=O) groups excluding carboxylic acids is 2. The third kappa shape index (κ3) is 14.1. The van der Waals surface area contributed by atoms with Gasteiger partial charge in [-0.25, -0.2) is 48.6 Å². The molecule has 7 heterocycles. The molecule has 6 N–H and O–H groups in total. The van der Waals surface area contributed by atoms with Gasteiger partial charge in [-0.2, -0.15) is 0 Å². The maximum Gasteiger partial charge on any atom is 0.390 e. The van der Waals surface area contributed by atoms with Crippen molar-refractivity contribution >= 4 is 82.3 Å². The molecule has 2 bridgehead atoms. The Morgan fingerprint density at radius 3 is 1.50 bits per heavy atom. The van der Waals surface area contributed by atoms with Crippen LogP contribution < -0.4 is 30.4 Å². The van der Waals surface area contributed by atoms with Gasteiger partial charge in [0, 0.05) is 21.3 Å². The van der Waals surface area contributed by atoms with E-state index in [2.05, 4.69) is 50.0 Å². The Morgan fingerprint density at radius 1 is 0.591 bits per heavy atom. The smallest absolute Gasteiger partial charge is 0.390 e. The third-order valence-electron chi connectivity index (χ3n) is 13.5. The molecule has 3 aliphatic heterocycles. The second-order valence-electron chi connectivity index (χ2n) is 19.2. The zero-order chi connectivity index (χ0) is 61.4. The molecule has 0 amide bonds. The third-order valence-corrected chi connectivity index (χ3v) is 20.8. The number of fused-ring (bicyclic) bond motifs is 5. The number of esters is 2. The van der Waals surface area contributed by atoms with Crippen molar-refractivity contribution in [3.05, 3.63) is 166 Å². The number of imidazole rings is 2. The molecule has 0 unspecified atom stereocenters. The van der Waals surface area contributed by atoms with Crippen molar-refractivity contribution in [3.63, 3.8) is 0 Å². The van der Waals surface area contributed by atoms with Crippen LogP contribution in [0, 0.1) is 0 Å². The van der Waals surface area contributed by atoms with E-state index in [4.69, 9.17) is 69.0 Å². The molecule has 4 aromatic heterocycles. The van der Waals surface area contributed by atoms with Gasteiger partial charge >= 0.3 is 25.5 Å². The lowest BCUT2D eigenvalue weighted by atomic mass is 10.1. The SMILES string of the molecule is [N-]=[N+]=NCCOc1ccc(C(=O)Oc2ccc(CS[P@]3(=O)OC[C@H]4O[C@@H](n5cnc6c(N)ncnc65)[C@H](O)[C@@H]4O[P@](=O)(SCc4ccc(OC(=O)c5ccc(OCCN=[N+]=[N-])cc5)cc4)OC[C@H]4O[C@@H](n5cnc6c(N)ncnc65)[C@H](O3)[C@@H]4O)cc2)cc1. The second kappa shape index (κ2) is 27.3. The lowest BCUT2D eigenvalue weighted by Gasteiger charge is -2.28. The maximum absolute atomic E-state index is 15.6. The van der Waals surface area contributed by atoms with Crippen LogP contribution in [0.3, 0.4) is 0 Å². The number of ether oxygens (including phenoxy) is 6. The van der Waals surface area contributed by atoms with Crippen LogP contribution in [0.5, 0.6) is 23.0 Å². The van der Waals surface area contributed by atoms with E-state index in [1.807, 2.05) is 0 Å². The summed E-state index contributed by atoms with van der Waals surface area (Å²) in [6.45, 7) is -9.94. The van der Waals surface area contributed by atoms with Gasteiger partial charge < -0.3 is 50.1 Å². The first-order chi connectivity index (χ1) is 42.7. The number of rotatable bonds is 20. The molecule has 3 aliphatic rings. The summed E-state index contributed by atoms with van der Waals surface area (Å²) in [6, 6.07) is 25.0. The van der Waals surface area contributed by atoms with Crippen molar-refractivity contribution in [2.24, 2.45) is 10.2 Å². The number of nitrogens with two attached hydrogens (primary N) is 2. The molecule has 32 nitrogen and oxygen atoms in total. The minimum atomic E-state index is -4.61. The number of hydrogen-bond donors (Lipinski definition) is 4. The van der Waals surface area contributed by atoms with Gasteiger partial charge in [0.1, 0.15) is 83.3 Å². The highest BCUT2D eigenvalue weighted by Gasteiger charge is 2.54. The lowest BCUT2D eigenvalue weighted by molar-refractivity contribution is -0.0576. The van der Waals surface area contributed by atoms with Crippen molar-refractivity contribution in [2.45, 2.75) is 60.6 Å². The largest absolute Gasteiger partial charge is 0.493 e. The number of aliphatic hydroxyl groups excluding tert-OH is 2. The normalized spacial score (nSPS) is 24.4. The van der Waals surface area contributed by atoms with E-state index >= 15 is 9.13 Å². The molecule has 456 valence electrons. The van der Waals surface area contributed by atoms with Gasteiger partial charge in [-0.1, -0.05) is 34.5 Å². The number of carbonyl (C=O) groups is 2. The minimum absolute atomic E-state index is 0.0271. The Labute approximate surface area is 504 Å². The van der Waals surface area contributed by atoms with Gasteiger partial charge in [0.15, 0.2) is 35.4 Å². The molecular weight excluding hydrogens is 1230 g/mol. The first-order valence-electron chi connectivity index (χ1n) is 26.4. The Morgan fingerprint density at radius 2 is 1.02 bits per heavy atom. The van der Waals surface area contributed by atoms with Crippen LogP contribution in [-0.4, -0.2) is 137 Å². The van der Waals surface area contributed by atoms with E-state index in [0.717, 1.165) is 22.8 Å². The fraction of sp³-hybridized carbons (Fsp3) is 0.308. The van der Waals surface area contributed by atoms with Crippen LogP contribution >= 0.6 is 36.4 Å². The molecule has 36 heteroatoms. The summed E-state index contributed by atoms with van der Waals surface area (Å²) >= 11 is 1.44. The number of anilines is 2. The van der Waals surface area contributed by atoms with E-state index in [1.54, 1.807) is 48.5 Å². The predicted molar refractivity (Wildman–Crippen MR) is 313 cm³/mol. The average molecular weight is 1280 g/mol. The number of benzene rings is 4. The molecular formula is C52H50N16O16P2S2. The van der Waals surface area contributed by atoms with Crippen molar-refractivity contribution < 1.29 is 75.4 Å². The van der Waals surface area contributed by atoms with Crippen molar-refractivity contribution in [2.75, 3.05) is 51.0 Å². The quantitative estimate of drug-likeness (QED) is 0.0106. The lowest BCUT2D eigenvalue weighted by Crippen LogP contribution is -2.36. The summed E-state index contributed by atoms with van der Waals surface area (Å²) in [5, 5.41) is 31.3. The van der Waals surface area contributed by atoms with Gasteiger partial charge in [-0.3, -0.25) is 27.2 Å². The Kier molecular flexibility index (Phi) is 19.0. The number of azide groups is 2. The highest BCUT2D eigenvalue weighted by molar-refractivity contribution is 8.55. The molecule has 88 heavy (non-hydrogen) atoms. The molecule has 11 rings (SSSR count). The van der Waals surface area contributed by atoms with Crippen molar-refractivity contribution in [1.82, 2.24) is 39.0 Å².